The van der Waals surface area contributed by atoms with E-state index in [2.05, 4.69) is 11.4 Å². The van der Waals surface area contributed by atoms with Crippen molar-refractivity contribution >= 4 is 0 Å². The summed E-state index contributed by atoms with van der Waals surface area (Å²) in [7, 11) is 0. The molecule has 0 aromatic heterocycles. The first-order valence-electron chi connectivity index (χ1n) is 6.84. The topological polar surface area (TPSA) is 39.7 Å². The van der Waals surface area contributed by atoms with Gasteiger partial charge in [-0.2, -0.15) is 0 Å². The molecule has 19 heavy (non-hydrogen) atoms. The lowest BCUT2D eigenvalue weighted by molar-refractivity contribution is -0.137. The molecule has 0 amide bonds. The predicted molar refractivity (Wildman–Crippen MR) is 74.2 cm³/mol. The first kappa shape index (κ1) is 14.3. The van der Waals surface area contributed by atoms with E-state index in [-0.39, 0.29) is 6.10 Å². The van der Waals surface area contributed by atoms with E-state index in [0.29, 0.717) is 13.2 Å². The molecule has 1 N–H and O–H groups in total. The van der Waals surface area contributed by atoms with Gasteiger partial charge in [-0.25, -0.2) is 0 Å². The van der Waals surface area contributed by atoms with Crippen LogP contribution in [0.5, 0.6) is 5.75 Å². The van der Waals surface area contributed by atoms with Gasteiger partial charge in [0.25, 0.3) is 0 Å². The lowest BCUT2D eigenvalue weighted by Crippen LogP contribution is -2.30. The van der Waals surface area contributed by atoms with E-state index in [1.807, 2.05) is 39.0 Å². The van der Waals surface area contributed by atoms with Crippen molar-refractivity contribution in [3.63, 3.8) is 0 Å². The molecule has 1 aromatic rings. The van der Waals surface area contributed by atoms with Crippen LogP contribution in [-0.4, -0.2) is 31.6 Å². The highest BCUT2D eigenvalue weighted by Gasteiger charge is 2.32. The minimum Gasteiger partial charge on any atom is -0.494 e. The Balaban J connectivity index is 1.80. The van der Waals surface area contributed by atoms with Gasteiger partial charge in [0.15, 0.2) is 5.79 Å². The Bertz CT molecular complexity index is 406. The molecule has 1 fully saturated rings. The summed E-state index contributed by atoms with van der Waals surface area (Å²) >= 11 is 0. The molecule has 0 aliphatic carbocycles. The number of benzene rings is 1. The highest BCUT2D eigenvalue weighted by Crippen LogP contribution is 2.22. The van der Waals surface area contributed by atoms with Crippen LogP contribution in [-0.2, 0) is 16.0 Å². The summed E-state index contributed by atoms with van der Waals surface area (Å²) in [5.74, 6) is 0.497. The summed E-state index contributed by atoms with van der Waals surface area (Å²) in [5, 5.41) is 3.40. The fraction of sp³-hybridized carbons (Fsp3) is 0.600. The molecule has 1 atom stereocenters. The van der Waals surface area contributed by atoms with Gasteiger partial charge in [0.05, 0.1) is 19.3 Å². The standard InChI is InChI=1S/C15H23NO3/c1-4-17-14-8-6-5-7-12(14)9-16-10-13-11-18-15(2,3)19-13/h5-8,13,16H,4,9-11H2,1-3H3. The van der Waals surface area contributed by atoms with Crippen LogP contribution >= 0.6 is 0 Å². The number of hydrogen-bond acceptors (Lipinski definition) is 4. The summed E-state index contributed by atoms with van der Waals surface area (Å²) in [6.07, 6.45) is 0.120. The van der Waals surface area contributed by atoms with E-state index in [1.54, 1.807) is 0 Å². The van der Waals surface area contributed by atoms with Gasteiger partial charge < -0.3 is 19.5 Å². The summed E-state index contributed by atoms with van der Waals surface area (Å²) in [6.45, 7) is 8.77. The van der Waals surface area contributed by atoms with Crippen LogP contribution in [0, 0.1) is 0 Å². The van der Waals surface area contributed by atoms with Crippen molar-refractivity contribution in [1.29, 1.82) is 0 Å². The van der Waals surface area contributed by atoms with Gasteiger partial charge in [0.2, 0.25) is 0 Å². The van der Waals surface area contributed by atoms with Crippen molar-refractivity contribution in [1.82, 2.24) is 5.32 Å². The van der Waals surface area contributed by atoms with Gasteiger partial charge in [-0.3, -0.25) is 0 Å². The third-order valence-corrected chi connectivity index (χ3v) is 3.03. The largest absolute Gasteiger partial charge is 0.494 e. The molecular weight excluding hydrogens is 242 g/mol. The summed E-state index contributed by atoms with van der Waals surface area (Å²) in [4.78, 5) is 0. The SMILES string of the molecule is CCOc1ccccc1CNCC1COC(C)(C)O1. The molecule has 0 saturated carbocycles. The Morgan fingerprint density at radius 1 is 1.37 bits per heavy atom. The molecule has 1 aliphatic rings. The van der Waals surface area contributed by atoms with Crippen molar-refractivity contribution in [3.8, 4) is 5.75 Å². The zero-order chi connectivity index (χ0) is 13.7. The molecule has 0 spiro atoms. The maximum absolute atomic E-state index is 5.75. The van der Waals surface area contributed by atoms with Crippen LogP contribution in [0.4, 0.5) is 0 Å². The fourth-order valence-corrected chi connectivity index (χ4v) is 2.18. The molecular formula is C15H23NO3. The maximum Gasteiger partial charge on any atom is 0.163 e. The molecule has 4 heteroatoms. The Morgan fingerprint density at radius 2 is 2.16 bits per heavy atom. The predicted octanol–water partition coefficient (Wildman–Crippen LogP) is 2.33. The van der Waals surface area contributed by atoms with Crippen molar-refractivity contribution in [2.45, 2.75) is 39.2 Å². The highest BCUT2D eigenvalue weighted by atomic mass is 16.7. The maximum atomic E-state index is 5.75. The number of hydrogen-bond donors (Lipinski definition) is 1. The van der Waals surface area contributed by atoms with E-state index < -0.39 is 5.79 Å². The quantitative estimate of drug-likeness (QED) is 0.857. The second-order valence-corrected chi connectivity index (χ2v) is 5.12. The molecule has 1 aromatic carbocycles. The summed E-state index contributed by atoms with van der Waals surface area (Å²) < 4.78 is 16.9. The number of rotatable bonds is 6. The van der Waals surface area contributed by atoms with E-state index in [0.717, 1.165) is 18.8 Å². The molecule has 1 saturated heterocycles. The van der Waals surface area contributed by atoms with E-state index in [1.165, 1.54) is 5.56 Å². The number of nitrogens with one attached hydrogen (secondary N) is 1. The van der Waals surface area contributed by atoms with Gasteiger partial charge in [-0.1, -0.05) is 18.2 Å². The normalized spacial score (nSPS) is 21.5. The minimum atomic E-state index is -0.449. The first-order chi connectivity index (χ1) is 9.11. The lowest BCUT2D eigenvalue weighted by atomic mass is 10.2. The van der Waals surface area contributed by atoms with Crippen molar-refractivity contribution in [3.05, 3.63) is 29.8 Å². The molecule has 1 aliphatic heterocycles. The number of para-hydroxylation sites is 1. The van der Waals surface area contributed by atoms with Crippen LogP contribution in [0.1, 0.15) is 26.3 Å². The summed E-state index contributed by atoms with van der Waals surface area (Å²) in [6, 6.07) is 8.09. The molecule has 2 rings (SSSR count). The summed E-state index contributed by atoms with van der Waals surface area (Å²) in [5.41, 5.74) is 1.17. The molecule has 106 valence electrons. The average Bonchev–Trinajstić information content (AvgIpc) is 2.71. The molecule has 0 bridgehead atoms. The van der Waals surface area contributed by atoms with Gasteiger partial charge in [-0.05, 0) is 26.8 Å². The first-order valence-corrected chi connectivity index (χ1v) is 6.84. The van der Waals surface area contributed by atoms with Crippen molar-refractivity contribution < 1.29 is 14.2 Å². The number of ether oxygens (including phenoxy) is 3. The van der Waals surface area contributed by atoms with E-state index >= 15 is 0 Å². The van der Waals surface area contributed by atoms with Crippen LogP contribution in [0.3, 0.4) is 0 Å². The molecule has 1 unspecified atom stereocenters. The zero-order valence-corrected chi connectivity index (χ0v) is 11.9. The third kappa shape index (κ3) is 4.20. The van der Waals surface area contributed by atoms with Crippen LogP contribution in [0.15, 0.2) is 24.3 Å². The second-order valence-electron chi connectivity index (χ2n) is 5.12. The fourth-order valence-electron chi connectivity index (χ4n) is 2.18. The lowest BCUT2D eigenvalue weighted by Gasteiger charge is -2.17. The minimum absolute atomic E-state index is 0.120. The van der Waals surface area contributed by atoms with Gasteiger partial charge in [-0.15, -0.1) is 0 Å². The Morgan fingerprint density at radius 3 is 2.84 bits per heavy atom. The third-order valence-electron chi connectivity index (χ3n) is 3.03. The Kier molecular flexibility index (Phi) is 4.80. The van der Waals surface area contributed by atoms with Crippen molar-refractivity contribution in [2.75, 3.05) is 19.8 Å². The molecule has 0 radical (unpaired) electrons. The molecule has 4 nitrogen and oxygen atoms in total. The smallest absolute Gasteiger partial charge is 0.163 e. The molecule has 1 heterocycles. The Hall–Kier alpha value is -1.10. The van der Waals surface area contributed by atoms with Crippen LogP contribution in [0.25, 0.3) is 0 Å². The van der Waals surface area contributed by atoms with Crippen LogP contribution in [0.2, 0.25) is 0 Å². The highest BCUT2D eigenvalue weighted by molar-refractivity contribution is 5.33. The van der Waals surface area contributed by atoms with Crippen molar-refractivity contribution in [2.24, 2.45) is 0 Å². The van der Waals surface area contributed by atoms with Crippen LogP contribution < -0.4 is 10.1 Å². The Labute approximate surface area is 115 Å². The van der Waals surface area contributed by atoms with Gasteiger partial charge in [0, 0.05) is 18.7 Å². The zero-order valence-electron chi connectivity index (χ0n) is 11.9. The average molecular weight is 265 g/mol. The monoisotopic (exact) mass is 265 g/mol. The second kappa shape index (κ2) is 6.37. The van der Waals surface area contributed by atoms with Gasteiger partial charge in [0.1, 0.15) is 5.75 Å². The van der Waals surface area contributed by atoms with E-state index in [4.69, 9.17) is 14.2 Å². The van der Waals surface area contributed by atoms with E-state index in [9.17, 15) is 0 Å². The van der Waals surface area contributed by atoms with Gasteiger partial charge >= 0.3 is 0 Å².